The Morgan fingerprint density at radius 1 is 1.28 bits per heavy atom. The number of sulfone groups is 1. The van der Waals surface area contributed by atoms with E-state index in [1.54, 1.807) is 12.1 Å². The van der Waals surface area contributed by atoms with Crippen LogP contribution >= 0.6 is 34.2 Å². The molecule has 1 aliphatic rings. The van der Waals surface area contributed by atoms with Gasteiger partial charge in [0.1, 0.15) is 0 Å². The molecular formula is C11H11ClINO3S. The second-order valence-electron chi connectivity index (χ2n) is 4.18. The average Bonchev–Trinajstić information content (AvgIpc) is 2.52. The lowest BCUT2D eigenvalue weighted by molar-refractivity contribution is 0.0941. The zero-order chi connectivity index (χ0) is 13.3. The van der Waals surface area contributed by atoms with Crippen molar-refractivity contribution in [1.82, 2.24) is 5.32 Å². The summed E-state index contributed by atoms with van der Waals surface area (Å²) in [7, 11) is -3.13. The molecule has 1 aromatic carbocycles. The number of halogens is 2. The number of amides is 1. The standard InChI is InChI=1S/C11H11ClINO3S/c12-9-5-18(16,17)6-10(9)14-11(15)7-1-3-8(13)4-2-7/h1-4,9-10H,5-6H2,(H,14,15). The first-order chi connectivity index (χ1) is 8.37. The Bertz CT molecular complexity index is 558. The second-order valence-corrected chi connectivity index (χ2v) is 8.14. The van der Waals surface area contributed by atoms with Gasteiger partial charge in [-0.1, -0.05) is 0 Å². The van der Waals surface area contributed by atoms with Gasteiger partial charge in [-0.15, -0.1) is 11.6 Å². The fourth-order valence-electron chi connectivity index (χ4n) is 1.79. The molecule has 4 nitrogen and oxygen atoms in total. The van der Waals surface area contributed by atoms with Crippen molar-refractivity contribution in [2.24, 2.45) is 0 Å². The van der Waals surface area contributed by atoms with E-state index in [4.69, 9.17) is 11.6 Å². The maximum Gasteiger partial charge on any atom is 0.251 e. The number of alkyl halides is 1. The molecule has 0 radical (unpaired) electrons. The summed E-state index contributed by atoms with van der Waals surface area (Å²) in [5, 5.41) is 2.11. The molecule has 18 heavy (non-hydrogen) atoms. The fourth-order valence-corrected chi connectivity index (χ4v) is 4.70. The maximum atomic E-state index is 11.9. The van der Waals surface area contributed by atoms with Crippen LogP contribution in [-0.2, 0) is 9.84 Å². The van der Waals surface area contributed by atoms with E-state index in [1.807, 2.05) is 12.1 Å². The van der Waals surface area contributed by atoms with Crippen LogP contribution in [0.15, 0.2) is 24.3 Å². The fraction of sp³-hybridized carbons (Fsp3) is 0.364. The number of carbonyl (C=O) groups is 1. The van der Waals surface area contributed by atoms with Gasteiger partial charge in [0, 0.05) is 9.13 Å². The molecule has 1 aliphatic heterocycles. The van der Waals surface area contributed by atoms with E-state index in [1.165, 1.54) is 0 Å². The first-order valence-corrected chi connectivity index (χ1v) is 8.62. The molecule has 0 aromatic heterocycles. The second kappa shape index (κ2) is 5.34. The lowest BCUT2D eigenvalue weighted by Crippen LogP contribution is -2.40. The van der Waals surface area contributed by atoms with E-state index >= 15 is 0 Å². The molecule has 0 bridgehead atoms. The summed E-state index contributed by atoms with van der Waals surface area (Å²) in [6.45, 7) is 0. The van der Waals surface area contributed by atoms with Crippen molar-refractivity contribution < 1.29 is 13.2 Å². The molecular weight excluding hydrogens is 389 g/mol. The van der Waals surface area contributed by atoms with E-state index in [9.17, 15) is 13.2 Å². The number of carbonyl (C=O) groups excluding carboxylic acids is 1. The van der Waals surface area contributed by atoms with Gasteiger partial charge in [-0.05, 0) is 46.9 Å². The average molecular weight is 400 g/mol. The van der Waals surface area contributed by atoms with Gasteiger partial charge < -0.3 is 5.32 Å². The summed E-state index contributed by atoms with van der Waals surface area (Å²) < 4.78 is 23.8. The largest absolute Gasteiger partial charge is 0.347 e. The van der Waals surface area contributed by atoms with Gasteiger partial charge in [0.25, 0.3) is 5.91 Å². The van der Waals surface area contributed by atoms with Crippen LogP contribution in [0.5, 0.6) is 0 Å². The van der Waals surface area contributed by atoms with Crippen LogP contribution in [0.25, 0.3) is 0 Å². The monoisotopic (exact) mass is 399 g/mol. The number of hydrogen-bond acceptors (Lipinski definition) is 3. The summed E-state index contributed by atoms with van der Waals surface area (Å²) in [4.78, 5) is 11.9. The van der Waals surface area contributed by atoms with Crippen LogP contribution in [-0.4, -0.2) is 37.2 Å². The maximum absolute atomic E-state index is 11.9. The Balaban J connectivity index is 2.06. The molecule has 2 unspecified atom stereocenters. The molecule has 7 heteroatoms. The first kappa shape index (κ1) is 14.1. The van der Waals surface area contributed by atoms with Crippen LogP contribution in [0.1, 0.15) is 10.4 Å². The van der Waals surface area contributed by atoms with Crippen LogP contribution in [0.4, 0.5) is 0 Å². The minimum absolute atomic E-state index is 0.0772. The highest BCUT2D eigenvalue weighted by atomic mass is 127. The van der Waals surface area contributed by atoms with Crippen molar-refractivity contribution in [2.45, 2.75) is 11.4 Å². The lowest BCUT2D eigenvalue weighted by atomic mass is 10.2. The molecule has 1 aromatic rings. The minimum Gasteiger partial charge on any atom is -0.347 e. The molecule has 1 fully saturated rings. The molecule has 0 saturated carbocycles. The van der Waals surface area contributed by atoms with Crippen LogP contribution < -0.4 is 5.32 Å². The van der Waals surface area contributed by atoms with Crippen molar-refractivity contribution in [1.29, 1.82) is 0 Å². The zero-order valence-corrected chi connectivity index (χ0v) is 13.0. The van der Waals surface area contributed by atoms with Gasteiger partial charge in [-0.2, -0.15) is 0 Å². The third-order valence-corrected chi connectivity index (χ3v) is 5.80. The highest BCUT2D eigenvalue weighted by Gasteiger charge is 2.37. The summed E-state index contributed by atoms with van der Waals surface area (Å²) in [6, 6.07) is 6.52. The van der Waals surface area contributed by atoms with E-state index in [0.29, 0.717) is 5.56 Å². The molecule has 1 saturated heterocycles. The van der Waals surface area contributed by atoms with Gasteiger partial charge in [0.05, 0.1) is 22.9 Å². The van der Waals surface area contributed by atoms with Crippen molar-refractivity contribution in [2.75, 3.05) is 11.5 Å². The zero-order valence-electron chi connectivity index (χ0n) is 9.27. The van der Waals surface area contributed by atoms with Crippen LogP contribution in [0, 0.1) is 3.57 Å². The van der Waals surface area contributed by atoms with Crippen LogP contribution in [0.2, 0.25) is 0 Å². The molecule has 98 valence electrons. The number of nitrogens with one attached hydrogen (secondary N) is 1. The van der Waals surface area contributed by atoms with Crippen molar-refractivity contribution in [3.8, 4) is 0 Å². The lowest BCUT2D eigenvalue weighted by Gasteiger charge is -2.14. The Morgan fingerprint density at radius 3 is 2.39 bits per heavy atom. The molecule has 2 rings (SSSR count). The Labute approximate surface area is 124 Å². The van der Waals surface area contributed by atoms with E-state index < -0.39 is 21.3 Å². The SMILES string of the molecule is O=C(NC1CS(=O)(=O)CC1Cl)c1ccc(I)cc1. The topological polar surface area (TPSA) is 63.2 Å². The molecule has 0 spiro atoms. The summed E-state index contributed by atoms with van der Waals surface area (Å²) in [5.41, 5.74) is 0.503. The first-order valence-electron chi connectivity index (χ1n) is 5.28. The summed E-state index contributed by atoms with van der Waals surface area (Å²) in [6.07, 6.45) is 0. The summed E-state index contributed by atoms with van der Waals surface area (Å²) >= 11 is 8.07. The Hall–Kier alpha value is -0.340. The van der Waals surface area contributed by atoms with Gasteiger partial charge in [0.2, 0.25) is 0 Å². The Morgan fingerprint density at radius 2 is 1.89 bits per heavy atom. The van der Waals surface area contributed by atoms with Gasteiger partial charge in [-0.25, -0.2) is 8.42 Å². The molecule has 1 amide bonds. The van der Waals surface area contributed by atoms with Crippen LogP contribution in [0.3, 0.4) is 0 Å². The number of rotatable bonds is 2. The predicted molar refractivity (Wildman–Crippen MR) is 78.7 cm³/mol. The van der Waals surface area contributed by atoms with E-state index in [0.717, 1.165) is 3.57 Å². The quantitative estimate of drug-likeness (QED) is 0.604. The summed E-state index contributed by atoms with van der Waals surface area (Å²) in [5.74, 6) is -0.456. The van der Waals surface area contributed by atoms with Gasteiger partial charge in [-0.3, -0.25) is 4.79 Å². The number of benzene rings is 1. The van der Waals surface area contributed by atoms with Crippen molar-refractivity contribution in [3.63, 3.8) is 0 Å². The van der Waals surface area contributed by atoms with E-state index in [-0.39, 0.29) is 17.4 Å². The highest BCUT2D eigenvalue weighted by molar-refractivity contribution is 14.1. The molecule has 2 atom stereocenters. The van der Waals surface area contributed by atoms with Crippen molar-refractivity contribution >= 4 is 49.9 Å². The molecule has 0 aliphatic carbocycles. The molecule has 1 heterocycles. The van der Waals surface area contributed by atoms with E-state index in [2.05, 4.69) is 27.9 Å². The third kappa shape index (κ3) is 3.36. The minimum atomic E-state index is -3.13. The van der Waals surface area contributed by atoms with Gasteiger partial charge in [0.15, 0.2) is 9.84 Å². The normalized spacial score (nSPS) is 25.9. The highest BCUT2D eigenvalue weighted by Crippen LogP contribution is 2.18. The predicted octanol–water partition coefficient (Wildman–Crippen LogP) is 1.43. The molecule has 1 N–H and O–H groups in total. The van der Waals surface area contributed by atoms with Crippen molar-refractivity contribution in [3.05, 3.63) is 33.4 Å². The Kier molecular flexibility index (Phi) is 4.18. The third-order valence-electron chi connectivity index (χ3n) is 2.71. The number of hydrogen-bond donors (Lipinski definition) is 1. The van der Waals surface area contributed by atoms with Gasteiger partial charge >= 0.3 is 0 Å². The smallest absolute Gasteiger partial charge is 0.251 e.